The molecule has 3 heterocycles. The fourth-order valence-electron chi connectivity index (χ4n) is 8.09. The van der Waals surface area contributed by atoms with Gasteiger partial charge in [-0.1, -0.05) is 43.0 Å². The van der Waals surface area contributed by atoms with Gasteiger partial charge in [-0.15, -0.1) is 0 Å². The van der Waals surface area contributed by atoms with E-state index in [1.54, 1.807) is 6.33 Å². The molecule has 1 atom stereocenters. The minimum absolute atomic E-state index is 0.0829. The Balaban J connectivity index is 1.08. The zero-order chi connectivity index (χ0) is 33.5. The average molecular weight is 675 g/mol. The Morgan fingerprint density at radius 1 is 0.917 bits per heavy atom. The van der Waals surface area contributed by atoms with Crippen molar-refractivity contribution in [3.8, 4) is 0 Å². The Hall–Kier alpha value is -3.63. The SMILES string of the molecule is CN(C)c1ccc(NC(=O)N2CCC(N[C@H](Cc3ccc(Cl)cc3)C(=O)N3CCC(Cn4cncn4)(C4CCCCC4)CC3)CC2)cc1. The number of benzene rings is 2. The van der Waals surface area contributed by atoms with Crippen LogP contribution < -0.4 is 15.5 Å². The standard InChI is InChI=1S/C37H51ClN8O2/c1-43(2)33-14-12-31(13-15-33)42-36(48)45-20-16-32(17-21-45)41-34(24-28-8-10-30(38)11-9-28)35(47)44-22-18-37(19-23-44,25-46-27-39-26-40-46)29-6-4-3-5-7-29/h8-15,26-27,29,32,34,41H,3-7,16-25H2,1-2H3,(H,42,48)/t34-/m1/s1. The van der Waals surface area contributed by atoms with E-state index in [9.17, 15) is 9.59 Å². The van der Waals surface area contributed by atoms with Crippen molar-refractivity contribution in [2.24, 2.45) is 11.3 Å². The van der Waals surface area contributed by atoms with Crippen LogP contribution in [0.2, 0.25) is 5.02 Å². The predicted octanol–water partition coefficient (Wildman–Crippen LogP) is 6.08. The number of urea groups is 1. The molecule has 3 amide bonds. The Labute approximate surface area is 290 Å². The van der Waals surface area contributed by atoms with Gasteiger partial charge in [-0.2, -0.15) is 5.10 Å². The molecule has 1 saturated carbocycles. The van der Waals surface area contributed by atoms with Crippen molar-refractivity contribution in [2.75, 3.05) is 50.5 Å². The van der Waals surface area contributed by atoms with Crippen molar-refractivity contribution < 1.29 is 9.59 Å². The number of anilines is 2. The Morgan fingerprint density at radius 3 is 2.23 bits per heavy atom. The first-order valence-corrected chi connectivity index (χ1v) is 18.1. The number of carbonyl (C=O) groups excluding carboxylic acids is 2. The van der Waals surface area contributed by atoms with E-state index in [1.165, 1.54) is 32.1 Å². The normalized spacial score (nSPS) is 19.6. The lowest BCUT2D eigenvalue weighted by Gasteiger charge is -2.48. The van der Waals surface area contributed by atoms with Gasteiger partial charge in [-0.3, -0.25) is 9.48 Å². The maximum Gasteiger partial charge on any atom is 0.321 e. The molecule has 3 aliphatic rings. The molecule has 258 valence electrons. The van der Waals surface area contributed by atoms with Gasteiger partial charge in [0.05, 0.1) is 6.04 Å². The fourth-order valence-corrected chi connectivity index (χ4v) is 8.22. The average Bonchev–Trinajstić information content (AvgIpc) is 3.63. The molecule has 2 N–H and O–H groups in total. The highest BCUT2D eigenvalue weighted by atomic mass is 35.5. The van der Waals surface area contributed by atoms with Crippen LogP contribution in [-0.4, -0.2) is 88.9 Å². The summed E-state index contributed by atoms with van der Waals surface area (Å²) in [6, 6.07) is 15.4. The van der Waals surface area contributed by atoms with E-state index in [4.69, 9.17) is 11.6 Å². The third-order valence-corrected chi connectivity index (χ3v) is 11.2. The molecule has 0 bridgehead atoms. The number of aromatic nitrogens is 3. The van der Waals surface area contributed by atoms with E-state index in [0.717, 1.165) is 62.3 Å². The number of likely N-dealkylation sites (tertiary alicyclic amines) is 2. The number of piperidine rings is 2. The van der Waals surface area contributed by atoms with Gasteiger partial charge in [0.1, 0.15) is 12.7 Å². The summed E-state index contributed by atoms with van der Waals surface area (Å²) in [6.45, 7) is 3.67. The van der Waals surface area contributed by atoms with Gasteiger partial charge in [0, 0.05) is 69.3 Å². The first-order chi connectivity index (χ1) is 23.3. The Kier molecular flexibility index (Phi) is 11.2. The minimum Gasteiger partial charge on any atom is -0.378 e. The summed E-state index contributed by atoms with van der Waals surface area (Å²) in [5.74, 6) is 0.833. The largest absolute Gasteiger partial charge is 0.378 e. The fraction of sp³-hybridized carbons (Fsp3) is 0.568. The van der Waals surface area contributed by atoms with Crippen molar-refractivity contribution in [3.05, 3.63) is 71.8 Å². The van der Waals surface area contributed by atoms with Gasteiger partial charge in [-0.25, -0.2) is 9.78 Å². The van der Waals surface area contributed by atoms with Crippen molar-refractivity contribution in [1.82, 2.24) is 29.9 Å². The molecule has 0 radical (unpaired) electrons. The number of carbonyl (C=O) groups is 2. The zero-order valence-corrected chi connectivity index (χ0v) is 29.2. The van der Waals surface area contributed by atoms with Crippen LogP contribution in [0, 0.1) is 11.3 Å². The van der Waals surface area contributed by atoms with Crippen molar-refractivity contribution in [3.63, 3.8) is 0 Å². The second-order valence-corrected chi connectivity index (χ2v) is 14.7. The number of hydrogen-bond donors (Lipinski definition) is 2. The van der Waals surface area contributed by atoms with Gasteiger partial charge >= 0.3 is 6.03 Å². The summed E-state index contributed by atoms with van der Waals surface area (Å²) in [7, 11) is 3.99. The van der Waals surface area contributed by atoms with Crippen LogP contribution in [0.25, 0.3) is 0 Å². The number of nitrogens with one attached hydrogen (secondary N) is 2. The summed E-state index contributed by atoms with van der Waals surface area (Å²) >= 11 is 6.20. The monoisotopic (exact) mass is 674 g/mol. The molecular weight excluding hydrogens is 624 g/mol. The molecule has 3 aromatic rings. The van der Waals surface area contributed by atoms with E-state index in [1.807, 2.05) is 83.4 Å². The molecule has 2 aromatic carbocycles. The van der Waals surface area contributed by atoms with Crippen molar-refractivity contribution in [2.45, 2.75) is 82.8 Å². The molecule has 6 rings (SSSR count). The molecule has 48 heavy (non-hydrogen) atoms. The lowest BCUT2D eigenvalue weighted by atomic mass is 9.63. The van der Waals surface area contributed by atoms with E-state index in [0.29, 0.717) is 30.5 Å². The number of rotatable bonds is 10. The number of amides is 3. The molecule has 0 unspecified atom stereocenters. The lowest BCUT2D eigenvalue weighted by Crippen LogP contribution is -2.56. The molecule has 1 aromatic heterocycles. The zero-order valence-electron chi connectivity index (χ0n) is 28.5. The molecule has 1 aliphatic carbocycles. The van der Waals surface area contributed by atoms with Crippen LogP contribution in [0.3, 0.4) is 0 Å². The first kappa shape index (κ1) is 34.2. The molecule has 2 saturated heterocycles. The van der Waals surface area contributed by atoms with Crippen molar-refractivity contribution in [1.29, 1.82) is 0 Å². The molecular formula is C37H51ClN8O2. The van der Waals surface area contributed by atoms with Gasteiger partial charge in [0.15, 0.2) is 0 Å². The number of nitrogens with zero attached hydrogens (tertiary/aromatic N) is 6. The highest BCUT2D eigenvalue weighted by Gasteiger charge is 2.44. The Bertz CT molecular complexity index is 1460. The summed E-state index contributed by atoms with van der Waals surface area (Å²) < 4.78 is 2.00. The van der Waals surface area contributed by atoms with Gasteiger partial charge in [0.25, 0.3) is 0 Å². The van der Waals surface area contributed by atoms with E-state index >= 15 is 0 Å². The summed E-state index contributed by atoms with van der Waals surface area (Å²) in [5, 5.41) is 12.0. The third kappa shape index (κ3) is 8.50. The predicted molar refractivity (Wildman–Crippen MR) is 191 cm³/mol. The second-order valence-electron chi connectivity index (χ2n) is 14.3. The van der Waals surface area contributed by atoms with Crippen LogP contribution >= 0.6 is 11.6 Å². The van der Waals surface area contributed by atoms with Crippen molar-refractivity contribution >= 4 is 34.9 Å². The van der Waals surface area contributed by atoms with E-state index in [2.05, 4.69) is 25.6 Å². The maximum atomic E-state index is 14.3. The third-order valence-electron chi connectivity index (χ3n) is 11.0. The Morgan fingerprint density at radius 2 is 1.60 bits per heavy atom. The molecule has 2 aliphatic heterocycles. The van der Waals surface area contributed by atoms with E-state index < -0.39 is 0 Å². The second kappa shape index (κ2) is 15.7. The molecule has 10 nitrogen and oxygen atoms in total. The summed E-state index contributed by atoms with van der Waals surface area (Å²) in [4.78, 5) is 37.6. The first-order valence-electron chi connectivity index (χ1n) is 17.7. The van der Waals surface area contributed by atoms with Crippen LogP contribution in [0.5, 0.6) is 0 Å². The smallest absolute Gasteiger partial charge is 0.321 e. The lowest BCUT2D eigenvalue weighted by molar-refractivity contribution is -0.137. The maximum absolute atomic E-state index is 14.3. The summed E-state index contributed by atoms with van der Waals surface area (Å²) in [6.07, 6.45) is 14.1. The van der Waals surface area contributed by atoms with Crippen LogP contribution in [0.4, 0.5) is 16.2 Å². The van der Waals surface area contributed by atoms with E-state index in [-0.39, 0.29) is 29.4 Å². The molecule has 3 fully saturated rings. The number of halogens is 1. The summed E-state index contributed by atoms with van der Waals surface area (Å²) in [5.41, 5.74) is 3.10. The van der Waals surface area contributed by atoms with Gasteiger partial charge in [0.2, 0.25) is 5.91 Å². The minimum atomic E-state index is -0.343. The highest BCUT2D eigenvalue weighted by molar-refractivity contribution is 6.30. The van der Waals surface area contributed by atoms with Gasteiger partial charge in [-0.05, 0) is 98.2 Å². The molecule has 0 spiro atoms. The van der Waals surface area contributed by atoms with Crippen LogP contribution in [0.1, 0.15) is 63.4 Å². The van der Waals surface area contributed by atoms with Gasteiger partial charge < -0.3 is 25.3 Å². The van der Waals surface area contributed by atoms with Crippen LogP contribution in [-0.2, 0) is 17.8 Å². The molecule has 11 heteroatoms. The van der Waals surface area contributed by atoms with Crippen LogP contribution in [0.15, 0.2) is 61.2 Å². The highest BCUT2D eigenvalue weighted by Crippen LogP contribution is 2.47. The number of hydrogen-bond acceptors (Lipinski definition) is 6. The quantitative estimate of drug-likeness (QED) is 0.270. The topological polar surface area (TPSA) is 98.6 Å².